The first-order chi connectivity index (χ1) is 18.8. The highest BCUT2D eigenvalue weighted by atomic mass is 19.4. The second-order valence-corrected chi connectivity index (χ2v) is 9.58. The van der Waals surface area contributed by atoms with Gasteiger partial charge >= 0.3 is 12.4 Å². The summed E-state index contributed by atoms with van der Waals surface area (Å²) in [4.78, 5) is 15.1. The number of alkyl halides is 6. The maximum atomic E-state index is 13.7. The lowest BCUT2D eigenvalue weighted by molar-refractivity contribution is -0.376. The number of aryl methyl sites for hydroxylation is 1. The average Bonchev–Trinajstić information content (AvgIpc) is 3.10. The van der Waals surface area contributed by atoms with Crippen LogP contribution < -0.4 is 14.4 Å². The van der Waals surface area contributed by atoms with Gasteiger partial charge in [-0.2, -0.15) is 26.3 Å². The fraction of sp³-hybridized carbons (Fsp3) is 0.345. The van der Waals surface area contributed by atoms with Gasteiger partial charge in [0.05, 0.1) is 19.6 Å². The van der Waals surface area contributed by atoms with E-state index in [9.17, 15) is 36.2 Å². The van der Waals surface area contributed by atoms with Crippen molar-refractivity contribution in [3.63, 3.8) is 0 Å². The first kappa shape index (κ1) is 29.3. The minimum atomic E-state index is -6.03. The molecule has 5 nitrogen and oxygen atoms in total. The predicted molar refractivity (Wildman–Crippen MR) is 135 cm³/mol. The van der Waals surface area contributed by atoms with Crippen molar-refractivity contribution >= 4 is 11.6 Å². The van der Waals surface area contributed by atoms with E-state index in [1.165, 1.54) is 12.0 Å². The van der Waals surface area contributed by atoms with Gasteiger partial charge in [0.1, 0.15) is 17.6 Å². The summed E-state index contributed by atoms with van der Waals surface area (Å²) in [7, 11) is 1.50. The molecule has 0 aromatic heterocycles. The van der Waals surface area contributed by atoms with Gasteiger partial charge in [0.25, 0.3) is 5.60 Å². The van der Waals surface area contributed by atoms with E-state index in [0.29, 0.717) is 29.2 Å². The summed E-state index contributed by atoms with van der Waals surface area (Å²) in [5, 5.41) is 9.96. The molecule has 1 aliphatic rings. The first-order valence-corrected chi connectivity index (χ1v) is 12.4. The van der Waals surface area contributed by atoms with Crippen LogP contribution in [0.2, 0.25) is 0 Å². The maximum Gasteiger partial charge on any atom is 0.430 e. The fourth-order valence-electron chi connectivity index (χ4n) is 4.74. The van der Waals surface area contributed by atoms with Gasteiger partial charge in [-0.15, -0.1) is 0 Å². The largest absolute Gasteiger partial charge is 0.497 e. The van der Waals surface area contributed by atoms with Gasteiger partial charge in [-0.3, -0.25) is 4.79 Å². The minimum Gasteiger partial charge on any atom is -0.497 e. The Bertz CT molecular complexity index is 1310. The number of ether oxygens (including phenoxy) is 2. The summed E-state index contributed by atoms with van der Waals surface area (Å²) in [6, 6.07) is 17.7. The molecule has 0 spiro atoms. The van der Waals surface area contributed by atoms with E-state index in [2.05, 4.69) is 0 Å². The lowest BCUT2D eigenvalue weighted by Crippen LogP contribution is -2.54. The quantitative estimate of drug-likeness (QED) is 0.344. The number of anilines is 1. The number of methoxy groups -OCH3 is 1. The second-order valence-electron chi connectivity index (χ2n) is 9.58. The molecule has 1 aliphatic heterocycles. The number of carbonyl (C=O) groups excluding carboxylic acids is 1. The number of carbonyl (C=O) groups is 1. The summed E-state index contributed by atoms with van der Waals surface area (Å²) in [6.07, 6.45) is -12.5. The number of aliphatic hydroxyl groups is 1. The summed E-state index contributed by atoms with van der Waals surface area (Å²) >= 11 is 0. The number of hydrogen-bond acceptors (Lipinski definition) is 4. The minimum absolute atomic E-state index is 0.000707. The third kappa shape index (κ3) is 5.60. The Morgan fingerprint density at radius 1 is 0.925 bits per heavy atom. The Balaban J connectivity index is 1.75. The Morgan fingerprint density at radius 2 is 1.52 bits per heavy atom. The summed E-state index contributed by atoms with van der Waals surface area (Å²) in [5.74, 6) is -0.0454. The van der Waals surface area contributed by atoms with E-state index in [1.54, 1.807) is 61.5 Å². The number of nitrogens with zero attached hydrogens (tertiary/aromatic N) is 1. The molecule has 4 rings (SSSR count). The van der Waals surface area contributed by atoms with Crippen molar-refractivity contribution in [1.82, 2.24) is 0 Å². The first-order valence-electron chi connectivity index (χ1n) is 12.4. The van der Waals surface area contributed by atoms with Gasteiger partial charge < -0.3 is 19.5 Å². The van der Waals surface area contributed by atoms with Crippen molar-refractivity contribution < 1.29 is 45.7 Å². The highest BCUT2D eigenvalue weighted by Crippen LogP contribution is 2.51. The zero-order chi connectivity index (χ0) is 29.3. The molecular formula is C29H27F6NO4. The number of benzene rings is 3. The molecule has 0 saturated carbocycles. The number of fused-ring (bicyclic) bond motifs is 1. The molecule has 0 fully saturated rings. The molecule has 214 valence electrons. The Labute approximate surface area is 226 Å². The van der Waals surface area contributed by atoms with Crippen LogP contribution >= 0.6 is 0 Å². The van der Waals surface area contributed by atoms with Crippen LogP contribution in [-0.2, 0) is 16.8 Å². The van der Waals surface area contributed by atoms with Crippen LogP contribution in [-0.4, -0.2) is 43.1 Å². The molecule has 1 heterocycles. The molecular weight excluding hydrogens is 540 g/mol. The smallest absolute Gasteiger partial charge is 0.430 e. The maximum absolute atomic E-state index is 13.7. The second kappa shape index (κ2) is 11.0. The molecule has 3 aromatic carbocycles. The van der Waals surface area contributed by atoms with E-state index in [4.69, 9.17) is 9.47 Å². The molecule has 0 radical (unpaired) electrons. The molecule has 1 amide bonds. The van der Waals surface area contributed by atoms with Crippen LogP contribution in [0.25, 0.3) is 0 Å². The van der Waals surface area contributed by atoms with E-state index >= 15 is 0 Å². The monoisotopic (exact) mass is 567 g/mol. The van der Waals surface area contributed by atoms with Crippen molar-refractivity contribution in [2.75, 3.05) is 18.6 Å². The molecule has 2 atom stereocenters. The average molecular weight is 568 g/mol. The highest BCUT2D eigenvalue weighted by molar-refractivity contribution is 5.98. The molecule has 11 heteroatoms. The highest BCUT2D eigenvalue weighted by Gasteiger charge is 2.71. The molecule has 40 heavy (non-hydrogen) atoms. The summed E-state index contributed by atoms with van der Waals surface area (Å²) < 4.78 is 92.8. The third-order valence-corrected chi connectivity index (χ3v) is 7.03. The standard InChI is InChI=1S/C29H27F6NO4/c1-18(19-6-4-3-5-7-19)26(37)36-17-24(40-23-13-11-22(39-2)12-14-23)10-8-20-16-21(9-15-25(20)36)27(38,28(30,31)32)29(33,34)35/h3-7,9,11-16,18,24,38H,8,10,17H2,1-2H3/t18-,24+/m0/s1. The van der Waals surface area contributed by atoms with Crippen molar-refractivity contribution in [1.29, 1.82) is 0 Å². The van der Waals surface area contributed by atoms with Crippen LogP contribution in [0.15, 0.2) is 72.8 Å². The van der Waals surface area contributed by atoms with E-state index in [-0.39, 0.29) is 30.6 Å². The number of halogens is 6. The zero-order valence-electron chi connectivity index (χ0n) is 21.6. The normalized spacial score (nSPS) is 17.0. The SMILES string of the molecule is COc1ccc(O[C@@H]2CCc3cc(C(O)(C(F)(F)F)C(F)(F)F)ccc3N(C(=O)[C@@H](C)c3ccccc3)C2)cc1. The number of amides is 1. The van der Waals surface area contributed by atoms with Crippen LogP contribution in [0.4, 0.5) is 32.0 Å². The summed E-state index contributed by atoms with van der Waals surface area (Å²) in [6.45, 7) is 1.67. The topological polar surface area (TPSA) is 59.0 Å². The van der Waals surface area contributed by atoms with E-state index in [1.807, 2.05) is 0 Å². The fourth-order valence-corrected chi connectivity index (χ4v) is 4.74. The third-order valence-electron chi connectivity index (χ3n) is 7.03. The molecule has 0 saturated heterocycles. The van der Waals surface area contributed by atoms with Crippen LogP contribution in [0.1, 0.15) is 36.0 Å². The van der Waals surface area contributed by atoms with Gasteiger partial charge in [0.2, 0.25) is 5.91 Å². The molecule has 0 bridgehead atoms. The Hall–Kier alpha value is -3.73. The lowest BCUT2D eigenvalue weighted by Gasteiger charge is -2.34. The van der Waals surface area contributed by atoms with Gasteiger partial charge in [-0.1, -0.05) is 42.5 Å². The number of hydrogen-bond donors (Lipinski definition) is 1. The Kier molecular flexibility index (Phi) is 8.07. The zero-order valence-corrected chi connectivity index (χ0v) is 21.6. The van der Waals surface area contributed by atoms with E-state index < -0.39 is 41.4 Å². The predicted octanol–water partition coefficient (Wildman–Crippen LogP) is 6.54. The van der Waals surface area contributed by atoms with Crippen LogP contribution in [0, 0.1) is 0 Å². The number of rotatable bonds is 6. The van der Waals surface area contributed by atoms with Crippen molar-refractivity contribution in [3.05, 3.63) is 89.5 Å². The molecule has 0 aliphatic carbocycles. The van der Waals surface area contributed by atoms with Gasteiger partial charge in [-0.05, 0) is 61.2 Å². The van der Waals surface area contributed by atoms with Crippen molar-refractivity contribution in [3.8, 4) is 11.5 Å². The van der Waals surface area contributed by atoms with Gasteiger partial charge in [0.15, 0.2) is 0 Å². The molecule has 0 unspecified atom stereocenters. The van der Waals surface area contributed by atoms with Crippen LogP contribution in [0.5, 0.6) is 11.5 Å². The Morgan fingerprint density at radius 3 is 2.10 bits per heavy atom. The molecule has 3 aromatic rings. The lowest BCUT2D eigenvalue weighted by atomic mass is 9.89. The van der Waals surface area contributed by atoms with Crippen LogP contribution in [0.3, 0.4) is 0 Å². The van der Waals surface area contributed by atoms with Gasteiger partial charge in [0, 0.05) is 11.3 Å². The van der Waals surface area contributed by atoms with Crippen molar-refractivity contribution in [2.24, 2.45) is 0 Å². The molecule has 1 N–H and O–H groups in total. The van der Waals surface area contributed by atoms with E-state index in [0.717, 1.165) is 6.07 Å². The van der Waals surface area contributed by atoms with Gasteiger partial charge in [-0.25, -0.2) is 0 Å². The van der Waals surface area contributed by atoms with Crippen molar-refractivity contribution in [2.45, 2.75) is 49.7 Å². The summed E-state index contributed by atoms with van der Waals surface area (Å²) in [5.41, 5.74) is -5.55.